The Balaban J connectivity index is 1.98. The van der Waals surface area contributed by atoms with Gasteiger partial charge in [0.25, 0.3) is 0 Å². The number of hydrogen-bond donors (Lipinski definition) is 1. The summed E-state index contributed by atoms with van der Waals surface area (Å²) in [4.78, 5) is 15.8. The van der Waals surface area contributed by atoms with Crippen molar-refractivity contribution in [2.75, 3.05) is 0 Å². The van der Waals surface area contributed by atoms with Crippen LogP contribution >= 0.6 is 0 Å². The summed E-state index contributed by atoms with van der Waals surface area (Å²) in [5, 5.41) is 1.18. The van der Waals surface area contributed by atoms with E-state index in [1.54, 1.807) is 6.92 Å². The van der Waals surface area contributed by atoms with Gasteiger partial charge in [0.1, 0.15) is 5.78 Å². The minimum atomic E-state index is 0.0242. The molecule has 0 radical (unpaired) electrons. The zero-order valence-corrected chi connectivity index (χ0v) is 15.7. The van der Waals surface area contributed by atoms with E-state index >= 15 is 0 Å². The van der Waals surface area contributed by atoms with E-state index in [-0.39, 0.29) is 11.7 Å². The summed E-state index contributed by atoms with van der Waals surface area (Å²) in [5.74, 6) is 0.222. The second kappa shape index (κ2) is 7.24. The van der Waals surface area contributed by atoms with Gasteiger partial charge in [-0.25, -0.2) is 0 Å². The van der Waals surface area contributed by atoms with Gasteiger partial charge < -0.3 is 4.98 Å². The molecular formula is C25H23NO. The number of aromatic amines is 1. The third kappa shape index (κ3) is 3.43. The van der Waals surface area contributed by atoms with Crippen LogP contribution in [0.4, 0.5) is 0 Å². The molecule has 4 rings (SSSR count). The summed E-state index contributed by atoms with van der Waals surface area (Å²) < 4.78 is 0. The van der Waals surface area contributed by atoms with E-state index in [1.165, 1.54) is 22.1 Å². The molecule has 3 aromatic carbocycles. The minimum Gasteiger partial charge on any atom is -0.354 e. The van der Waals surface area contributed by atoms with Crippen molar-refractivity contribution >= 4 is 16.7 Å². The molecule has 1 N–H and O–H groups in total. The molecule has 0 saturated carbocycles. The van der Waals surface area contributed by atoms with Gasteiger partial charge in [0.15, 0.2) is 0 Å². The van der Waals surface area contributed by atoms with Crippen molar-refractivity contribution in [3.63, 3.8) is 0 Å². The van der Waals surface area contributed by atoms with Crippen molar-refractivity contribution in [2.24, 2.45) is 0 Å². The summed E-state index contributed by atoms with van der Waals surface area (Å²) in [6.07, 6.45) is 0.491. The highest BCUT2D eigenvalue weighted by atomic mass is 16.1. The number of carbonyl (C=O) groups excluding carboxylic acids is 1. The first kappa shape index (κ1) is 17.3. The molecule has 1 aromatic heterocycles. The average molecular weight is 353 g/mol. The molecule has 1 atom stereocenters. The van der Waals surface area contributed by atoms with Crippen LogP contribution in [0.1, 0.15) is 36.0 Å². The number of aromatic nitrogens is 1. The molecule has 0 spiro atoms. The molecule has 0 bridgehead atoms. The lowest BCUT2D eigenvalue weighted by Gasteiger charge is -2.18. The minimum absolute atomic E-state index is 0.0242. The summed E-state index contributed by atoms with van der Waals surface area (Å²) in [6, 6.07) is 27.3. The van der Waals surface area contributed by atoms with E-state index in [0.29, 0.717) is 6.42 Å². The van der Waals surface area contributed by atoms with E-state index in [9.17, 15) is 4.79 Å². The van der Waals surface area contributed by atoms with Crippen LogP contribution in [0.15, 0.2) is 78.9 Å². The van der Waals surface area contributed by atoms with Crippen LogP contribution in [0.25, 0.3) is 22.2 Å². The maximum absolute atomic E-state index is 12.1. The van der Waals surface area contributed by atoms with Crippen molar-refractivity contribution in [1.82, 2.24) is 4.98 Å². The zero-order valence-electron chi connectivity index (χ0n) is 15.7. The summed E-state index contributed by atoms with van der Waals surface area (Å²) in [6.45, 7) is 3.77. The van der Waals surface area contributed by atoms with Gasteiger partial charge in [0.05, 0.1) is 5.69 Å². The molecule has 27 heavy (non-hydrogen) atoms. The normalized spacial score (nSPS) is 12.2. The molecule has 2 heteroatoms. The summed E-state index contributed by atoms with van der Waals surface area (Å²) >= 11 is 0. The molecule has 4 aromatic rings. The molecule has 0 amide bonds. The van der Waals surface area contributed by atoms with Gasteiger partial charge in [-0.05, 0) is 36.6 Å². The molecule has 134 valence electrons. The number of ketones is 1. The highest BCUT2D eigenvalue weighted by molar-refractivity contribution is 5.93. The number of benzene rings is 3. The topological polar surface area (TPSA) is 32.9 Å². The molecule has 0 aliphatic carbocycles. The van der Waals surface area contributed by atoms with E-state index in [0.717, 1.165) is 16.8 Å². The Hall–Kier alpha value is -3.13. The molecule has 1 heterocycles. The van der Waals surface area contributed by atoms with Crippen LogP contribution in [0.5, 0.6) is 0 Å². The first-order valence-corrected chi connectivity index (χ1v) is 9.35. The quantitative estimate of drug-likeness (QED) is 0.451. The monoisotopic (exact) mass is 353 g/mol. The van der Waals surface area contributed by atoms with Crippen LogP contribution < -0.4 is 0 Å². The number of carbonyl (C=O) groups is 1. The first-order chi connectivity index (χ1) is 13.1. The van der Waals surface area contributed by atoms with Gasteiger partial charge in [-0.3, -0.25) is 4.79 Å². The van der Waals surface area contributed by atoms with Gasteiger partial charge in [0.2, 0.25) is 0 Å². The van der Waals surface area contributed by atoms with Gasteiger partial charge in [-0.1, -0.05) is 78.4 Å². The molecule has 2 nitrogen and oxygen atoms in total. The Morgan fingerprint density at radius 1 is 0.889 bits per heavy atom. The third-order valence-corrected chi connectivity index (χ3v) is 5.13. The lowest BCUT2D eigenvalue weighted by Crippen LogP contribution is -2.07. The fourth-order valence-corrected chi connectivity index (χ4v) is 3.83. The zero-order chi connectivity index (χ0) is 18.8. The molecule has 0 saturated heterocycles. The second-order valence-corrected chi connectivity index (χ2v) is 7.19. The molecule has 1 unspecified atom stereocenters. The highest BCUT2D eigenvalue weighted by Gasteiger charge is 2.24. The fourth-order valence-electron chi connectivity index (χ4n) is 3.83. The number of Topliss-reactive ketones (excluding diaryl/α,β-unsaturated/α-hetero) is 1. The molecule has 0 aliphatic heterocycles. The first-order valence-electron chi connectivity index (χ1n) is 9.35. The van der Waals surface area contributed by atoms with Crippen molar-refractivity contribution in [3.8, 4) is 11.3 Å². The third-order valence-electron chi connectivity index (χ3n) is 5.13. The van der Waals surface area contributed by atoms with Crippen molar-refractivity contribution < 1.29 is 4.79 Å². The lowest BCUT2D eigenvalue weighted by molar-refractivity contribution is -0.117. The second-order valence-electron chi connectivity index (χ2n) is 7.19. The SMILES string of the molecule is CC(=O)CC(c1ccccc1)c1c(-c2ccc(C)cc2)[nH]c2ccccc12. The Kier molecular flexibility index (Phi) is 4.64. The van der Waals surface area contributed by atoms with Crippen LogP contribution in [-0.2, 0) is 4.79 Å². The van der Waals surface area contributed by atoms with E-state index in [4.69, 9.17) is 0 Å². The predicted octanol–water partition coefficient (Wildman–Crippen LogP) is 6.25. The maximum atomic E-state index is 12.1. The van der Waals surface area contributed by atoms with Gasteiger partial charge in [0, 0.05) is 23.2 Å². The van der Waals surface area contributed by atoms with Crippen molar-refractivity contribution in [2.45, 2.75) is 26.2 Å². The number of hydrogen-bond acceptors (Lipinski definition) is 1. The van der Waals surface area contributed by atoms with E-state index < -0.39 is 0 Å². The maximum Gasteiger partial charge on any atom is 0.130 e. The van der Waals surface area contributed by atoms with Crippen LogP contribution in [-0.4, -0.2) is 10.8 Å². The fraction of sp³-hybridized carbons (Fsp3) is 0.160. The smallest absolute Gasteiger partial charge is 0.130 e. The Morgan fingerprint density at radius 3 is 2.26 bits per heavy atom. The Labute approximate surface area is 159 Å². The van der Waals surface area contributed by atoms with Gasteiger partial charge in [-0.15, -0.1) is 0 Å². The van der Waals surface area contributed by atoms with Crippen LogP contribution in [0.2, 0.25) is 0 Å². The molecular weight excluding hydrogens is 330 g/mol. The lowest BCUT2D eigenvalue weighted by atomic mass is 9.84. The predicted molar refractivity (Wildman–Crippen MR) is 112 cm³/mol. The highest BCUT2D eigenvalue weighted by Crippen LogP contribution is 2.40. The number of H-pyrrole nitrogens is 1. The molecule has 0 aliphatic rings. The van der Waals surface area contributed by atoms with Crippen molar-refractivity contribution in [1.29, 1.82) is 0 Å². The number of fused-ring (bicyclic) bond motifs is 1. The van der Waals surface area contributed by atoms with Crippen LogP contribution in [0.3, 0.4) is 0 Å². The van der Waals surface area contributed by atoms with E-state index in [1.807, 2.05) is 24.3 Å². The number of aryl methyl sites for hydroxylation is 1. The van der Waals surface area contributed by atoms with Gasteiger partial charge >= 0.3 is 0 Å². The van der Waals surface area contributed by atoms with E-state index in [2.05, 4.69) is 66.5 Å². The number of rotatable bonds is 5. The standard InChI is InChI=1S/C25H23NO/c1-17-12-14-20(15-13-17)25-24(21-10-6-7-11-23(21)26-25)22(16-18(2)27)19-8-4-3-5-9-19/h3-15,22,26H,16H2,1-2H3. The van der Waals surface area contributed by atoms with Crippen molar-refractivity contribution in [3.05, 3.63) is 95.6 Å². The van der Waals surface area contributed by atoms with Gasteiger partial charge in [-0.2, -0.15) is 0 Å². The average Bonchev–Trinajstić information content (AvgIpc) is 3.06. The van der Waals surface area contributed by atoms with Crippen LogP contribution in [0, 0.1) is 6.92 Å². The molecule has 0 fully saturated rings. The Bertz CT molecular complexity index is 1070. The Morgan fingerprint density at radius 2 is 1.56 bits per heavy atom. The largest absolute Gasteiger partial charge is 0.354 e. The summed E-state index contributed by atoms with van der Waals surface area (Å²) in [7, 11) is 0. The number of nitrogens with one attached hydrogen (secondary N) is 1. The summed E-state index contributed by atoms with van der Waals surface area (Å²) in [5.41, 5.74) is 6.97. The number of para-hydroxylation sites is 1.